The number of carbonyl (C=O) groups is 1. The molecular weight excluding hydrogens is 492 g/mol. The van der Waals surface area contributed by atoms with E-state index in [2.05, 4.69) is 30.5 Å². The predicted octanol–water partition coefficient (Wildman–Crippen LogP) is 5.49. The maximum Gasteiger partial charge on any atom is 0.294 e. The second-order valence-electron chi connectivity index (χ2n) is 9.91. The number of aromatic amines is 1. The zero-order chi connectivity index (χ0) is 25.5. The molecule has 196 valence electrons. The molecule has 5 rings (SSSR count). The van der Waals surface area contributed by atoms with Gasteiger partial charge in [0.25, 0.3) is 5.91 Å². The summed E-state index contributed by atoms with van der Waals surface area (Å²) in [6.45, 7) is 2.30. The highest BCUT2D eigenvalue weighted by Crippen LogP contribution is 2.31. The topological polar surface area (TPSA) is 115 Å². The van der Waals surface area contributed by atoms with Gasteiger partial charge in [-0.15, -0.1) is 10.2 Å². The van der Waals surface area contributed by atoms with E-state index in [4.69, 9.17) is 21.1 Å². The van der Waals surface area contributed by atoms with Crippen LogP contribution in [0.5, 0.6) is 5.75 Å². The molecular formula is C27H33ClN6O3. The maximum atomic E-state index is 12.8. The first-order valence-electron chi connectivity index (χ1n) is 13.2. The third-order valence-electron chi connectivity index (χ3n) is 7.21. The van der Waals surface area contributed by atoms with Crippen LogP contribution in [0.25, 0.3) is 11.3 Å². The zero-order valence-corrected chi connectivity index (χ0v) is 21.7. The van der Waals surface area contributed by atoms with Crippen LogP contribution in [0.1, 0.15) is 67.8 Å². The van der Waals surface area contributed by atoms with Gasteiger partial charge in [0.05, 0.1) is 17.3 Å². The Morgan fingerprint density at radius 2 is 1.89 bits per heavy atom. The summed E-state index contributed by atoms with van der Waals surface area (Å²) in [5.41, 5.74) is 1.29. The van der Waals surface area contributed by atoms with Crippen molar-refractivity contribution in [3.8, 4) is 17.0 Å². The second-order valence-corrected chi connectivity index (χ2v) is 10.3. The van der Waals surface area contributed by atoms with Crippen molar-refractivity contribution in [1.29, 1.82) is 0 Å². The van der Waals surface area contributed by atoms with Crippen LogP contribution in [0.3, 0.4) is 0 Å². The number of hydrogen-bond acceptors (Lipinski definition) is 7. The van der Waals surface area contributed by atoms with Gasteiger partial charge in [0.1, 0.15) is 23.7 Å². The number of nitrogens with zero attached hydrogens (tertiary/aromatic N) is 4. The molecule has 3 heterocycles. The van der Waals surface area contributed by atoms with Gasteiger partial charge in [0, 0.05) is 31.3 Å². The van der Waals surface area contributed by atoms with Crippen molar-refractivity contribution in [3.63, 3.8) is 0 Å². The number of benzene rings is 1. The lowest BCUT2D eigenvalue weighted by atomic mass is 9.87. The molecule has 0 spiro atoms. The lowest BCUT2D eigenvalue weighted by molar-refractivity contribution is 0.0593. The number of aromatic nitrogens is 5. The molecule has 2 fully saturated rings. The van der Waals surface area contributed by atoms with Crippen molar-refractivity contribution >= 4 is 23.3 Å². The van der Waals surface area contributed by atoms with Crippen molar-refractivity contribution in [2.45, 2.75) is 57.8 Å². The normalized spacial score (nSPS) is 17.0. The van der Waals surface area contributed by atoms with Crippen molar-refractivity contribution < 1.29 is 14.3 Å². The van der Waals surface area contributed by atoms with Crippen molar-refractivity contribution in [3.05, 3.63) is 47.3 Å². The van der Waals surface area contributed by atoms with Crippen molar-refractivity contribution in [2.24, 2.45) is 11.8 Å². The van der Waals surface area contributed by atoms with Crippen LogP contribution in [0, 0.1) is 11.8 Å². The second kappa shape index (κ2) is 12.5. The fourth-order valence-corrected chi connectivity index (χ4v) is 5.29. The Kier molecular flexibility index (Phi) is 8.63. The molecule has 3 aromatic rings. The van der Waals surface area contributed by atoms with Crippen LogP contribution in [0.4, 0.5) is 5.82 Å². The van der Waals surface area contributed by atoms with Gasteiger partial charge in [-0.1, -0.05) is 43.7 Å². The van der Waals surface area contributed by atoms with Crippen LogP contribution in [0.15, 0.2) is 30.6 Å². The number of anilines is 1. The monoisotopic (exact) mass is 524 g/mol. The Morgan fingerprint density at radius 3 is 2.73 bits per heavy atom. The van der Waals surface area contributed by atoms with Crippen LogP contribution >= 0.6 is 11.6 Å². The largest absolute Gasteiger partial charge is 0.494 e. The molecule has 2 aliphatic rings. The lowest BCUT2D eigenvalue weighted by Crippen LogP contribution is -2.17. The Labute approximate surface area is 221 Å². The van der Waals surface area contributed by atoms with E-state index in [0.29, 0.717) is 40.5 Å². The first-order valence-corrected chi connectivity index (χ1v) is 13.6. The molecule has 1 saturated heterocycles. The minimum atomic E-state index is -0.400. The lowest BCUT2D eigenvalue weighted by Gasteiger charge is -2.21. The van der Waals surface area contributed by atoms with Gasteiger partial charge < -0.3 is 19.8 Å². The van der Waals surface area contributed by atoms with E-state index in [1.54, 1.807) is 12.1 Å². The molecule has 0 radical (unpaired) electrons. The smallest absolute Gasteiger partial charge is 0.294 e. The van der Waals surface area contributed by atoms with E-state index >= 15 is 0 Å². The number of rotatable bonds is 9. The van der Waals surface area contributed by atoms with Gasteiger partial charge in [-0.2, -0.15) is 0 Å². The molecule has 1 aliphatic heterocycles. The third-order valence-corrected chi connectivity index (χ3v) is 7.54. The van der Waals surface area contributed by atoms with Crippen LogP contribution in [-0.4, -0.2) is 50.9 Å². The summed E-state index contributed by atoms with van der Waals surface area (Å²) in [4.78, 5) is 24.4. The molecule has 1 aliphatic carbocycles. The third kappa shape index (κ3) is 7.05. The average Bonchev–Trinajstić information content (AvgIpc) is 3.40. The first kappa shape index (κ1) is 25.6. The van der Waals surface area contributed by atoms with Gasteiger partial charge in [-0.25, -0.2) is 9.97 Å². The number of carbonyl (C=O) groups excluding carboxylic acids is 1. The van der Waals surface area contributed by atoms with E-state index in [0.717, 1.165) is 50.5 Å². The number of hydrogen-bond donors (Lipinski definition) is 2. The summed E-state index contributed by atoms with van der Waals surface area (Å²) in [5, 5.41) is 11.5. The molecule has 0 atom stereocenters. The zero-order valence-electron chi connectivity index (χ0n) is 20.9. The summed E-state index contributed by atoms with van der Waals surface area (Å²) in [6, 6.07) is 7.20. The van der Waals surface area contributed by atoms with E-state index in [9.17, 15) is 4.79 Å². The molecule has 0 unspecified atom stereocenters. The van der Waals surface area contributed by atoms with Crippen molar-refractivity contribution in [2.75, 3.05) is 25.1 Å². The summed E-state index contributed by atoms with van der Waals surface area (Å²) in [7, 11) is 0. The maximum absolute atomic E-state index is 12.8. The Morgan fingerprint density at radius 1 is 1.05 bits per heavy atom. The summed E-state index contributed by atoms with van der Waals surface area (Å²) < 4.78 is 11.4. The van der Waals surface area contributed by atoms with Crippen molar-refractivity contribution in [1.82, 2.24) is 25.1 Å². The van der Waals surface area contributed by atoms with E-state index in [-0.39, 0.29) is 5.82 Å². The molecule has 1 aromatic carbocycles. The number of amides is 1. The van der Waals surface area contributed by atoms with E-state index < -0.39 is 5.91 Å². The quantitative estimate of drug-likeness (QED) is 0.380. The number of ether oxygens (including phenoxy) is 2. The number of nitrogens with one attached hydrogen (secondary N) is 2. The molecule has 0 bridgehead atoms. The van der Waals surface area contributed by atoms with Crippen LogP contribution in [-0.2, 0) is 11.2 Å². The highest BCUT2D eigenvalue weighted by molar-refractivity contribution is 6.33. The fourth-order valence-electron chi connectivity index (χ4n) is 5.07. The minimum absolute atomic E-state index is 0.170. The molecule has 1 saturated carbocycles. The van der Waals surface area contributed by atoms with E-state index in [1.165, 1.54) is 38.4 Å². The Balaban J connectivity index is 1.20. The average molecular weight is 525 g/mol. The van der Waals surface area contributed by atoms with Gasteiger partial charge in [-0.3, -0.25) is 4.79 Å². The molecule has 37 heavy (non-hydrogen) atoms. The Hall–Kier alpha value is -3.04. The fraction of sp³-hybridized carbons (Fsp3) is 0.519. The van der Waals surface area contributed by atoms with Gasteiger partial charge in [-0.05, 0) is 49.3 Å². The van der Waals surface area contributed by atoms with E-state index in [1.807, 2.05) is 12.1 Å². The van der Waals surface area contributed by atoms with Crippen LogP contribution < -0.4 is 10.1 Å². The standard InChI is InChI=1S/C27H33ClN6O3/c28-22-7-6-20(37-13-10-18-8-11-36-12-9-18)15-21(22)23-16-24(30-17-29-23)32-27(35)26-31-25(33-34-26)14-19-4-2-1-3-5-19/h6-7,15-19H,1-5,8-14H2,(H,31,33,34)(H,29,30,32,35). The summed E-state index contributed by atoms with van der Waals surface area (Å²) in [6.07, 6.45) is 11.6. The highest BCUT2D eigenvalue weighted by atomic mass is 35.5. The predicted molar refractivity (Wildman–Crippen MR) is 141 cm³/mol. The molecule has 10 heteroatoms. The summed E-state index contributed by atoms with van der Waals surface area (Å²) in [5.74, 6) is 2.84. The number of halogens is 1. The number of H-pyrrole nitrogens is 1. The highest BCUT2D eigenvalue weighted by Gasteiger charge is 2.19. The molecule has 1 amide bonds. The summed E-state index contributed by atoms with van der Waals surface area (Å²) >= 11 is 6.48. The van der Waals surface area contributed by atoms with Crippen LogP contribution in [0.2, 0.25) is 5.02 Å². The first-order chi connectivity index (χ1) is 18.1. The van der Waals surface area contributed by atoms with Gasteiger partial charge >= 0.3 is 0 Å². The SMILES string of the molecule is O=C(Nc1cc(-c2cc(OCCC3CCOCC3)ccc2Cl)ncn1)c1nnc(CC2CCCCC2)[nH]1. The molecule has 2 aromatic heterocycles. The molecule has 9 nitrogen and oxygen atoms in total. The Bertz CT molecular complexity index is 1190. The molecule has 2 N–H and O–H groups in total. The minimum Gasteiger partial charge on any atom is -0.494 e. The van der Waals surface area contributed by atoms with Gasteiger partial charge in [0.15, 0.2) is 0 Å². The van der Waals surface area contributed by atoms with Gasteiger partial charge in [0.2, 0.25) is 5.82 Å².